The van der Waals surface area contributed by atoms with Crippen LogP contribution >= 0.6 is 0 Å². The molecule has 18 heavy (non-hydrogen) atoms. The molecule has 0 spiro atoms. The standard InChI is InChI=1S/C13H26N4O/c1-10(2)17(6-7-18-5)13(11(3)14)12-8-15-16(4)9-12/h8-11,13H,6-7,14H2,1-5H3. The predicted octanol–water partition coefficient (Wildman–Crippen LogP) is 1.17. The van der Waals surface area contributed by atoms with Gasteiger partial charge < -0.3 is 10.5 Å². The summed E-state index contributed by atoms with van der Waals surface area (Å²) in [5.41, 5.74) is 7.33. The lowest BCUT2D eigenvalue weighted by molar-refractivity contribution is 0.0863. The summed E-state index contributed by atoms with van der Waals surface area (Å²) in [5, 5.41) is 4.25. The molecule has 104 valence electrons. The van der Waals surface area contributed by atoms with Gasteiger partial charge in [-0.15, -0.1) is 0 Å². The van der Waals surface area contributed by atoms with E-state index in [2.05, 4.69) is 23.8 Å². The molecule has 5 nitrogen and oxygen atoms in total. The van der Waals surface area contributed by atoms with Crippen LogP contribution in [0.2, 0.25) is 0 Å². The number of methoxy groups -OCH3 is 1. The Morgan fingerprint density at radius 1 is 1.44 bits per heavy atom. The van der Waals surface area contributed by atoms with Crippen molar-refractivity contribution in [2.45, 2.75) is 38.9 Å². The number of hydrogen-bond donors (Lipinski definition) is 1. The van der Waals surface area contributed by atoms with Crippen LogP contribution in [0.1, 0.15) is 32.4 Å². The Morgan fingerprint density at radius 3 is 2.50 bits per heavy atom. The first-order valence-corrected chi connectivity index (χ1v) is 6.46. The molecule has 2 unspecified atom stereocenters. The molecule has 1 aromatic rings. The lowest BCUT2D eigenvalue weighted by Crippen LogP contribution is -2.44. The zero-order chi connectivity index (χ0) is 13.7. The number of aromatic nitrogens is 2. The fourth-order valence-electron chi connectivity index (χ4n) is 2.31. The number of ether oxygens (including phenoxy) is 1. The van der Waals surface area contributed by atoms with E-state index in [1.807, 2.05) is 31.0 Å². The smallest absolute Gasteiger partial charge is 0.0590 e. The van der Waals surface area contributed by atoms with Gasteiger partial charge in [0, 0.05) is 44.5 Å². The average Bonchev–Trinajstić information content (AvgIpc) is 2.69. The zero-order valence-electron chi connectivity index (χ0n) is 12.1. The largest absolute Gasteiger partial charge is 0.383 e. The fourth-order valence-corrected chi connectivity index (χ4v) is 2.31. The summed E-state index contributed by atoms with van der Waals surface area (Å²) in [6.45, 7) is 7.99. The molecule has 2 N–H and O–H groups in total. The second kappa shape index (κ2) is 6.87. The summed E-state index contributed by atoms with van der Waals surface area (Å²) in [5.74, 6) is 0. The quantitative estimate of drug-likeness (QED) is 0.793. The summed E-state index contributed by atoms with van der Waals surface area (Å²) in [4.78, 5) is 2.37. The van der Waals surface area contributed by atoms with Crippen LogP contribution in [-0.4, -0.2) is 47.0 Å². The molecule has 0 aliphatic heterocycles. The van der Waals surface area contributed by atoms with Crippen LogP contribution in [0.25, 0.3) is 0 Å². The minimum absolute atomic E-state index is 0.0495. The minimum Gasteiger partial charge on any atom is -0.383 e. The van der Waals surface area contributed by atoms with Crippen molar-refractivity contribution < 1.29 is 4.74 Å². The number of rotatable bonds is 7. The lowest BCUT2D eigenvalue weighted by atomic mass is 10.0. The summed E-state index contributed by atoms with van der Waals surface area (Å²) in [7, 11) is 3.65. The molecule has 2 atom stereocenters. The van der Waals surface area contributed by atoms with E-state index in [0.717, 1.165) is 12.1 Å². The van der Waals surface area contributed by atoms with Gasteiger partial charge in [0.15, 0.2) is 0 Å². The Kier molecular flexibility index (Phi) is 5.78. The van der Waals surface area contributed by atoms with E-state index < -0.39 is 0 Å². The first kappa shape index (κ1) is 15.1. The van der Waals surface area contributed by atoms with E-state index in [4.69, 9.17) is 10.5 Å². The van der Waals surface area contributed by atoms with Gasteiger partial charge in [0.05, 0.1) is 18.8 Å². The molecule has 1 heterocycles. The van der Waals surface area contributed by atoms with Gasteiger partial charge in [-0.05, 0) is 20.8 Å². The molecule has 1 rings (SSSR count). The van der Waals surface area contributed by atoms with E-state index >= 15 is 0 Å². The molecule has 0 aliphatic carbocycles. The van der Waals surface area contributed by atoms with Gasteiger partial charge in [0.2, 0.25) is 0 Å². The topological polar surface area (TPSA) is 56.3 Å². The Bertz CT molecular complexity index is 349. The van der Waals surface area contributed by atoms with Gasteiger partial charge in [-0.2, -0.15) is 5.10 Å². The van der Waals surface area contributed by atoms with E-state index in [0.29, 0.717) is 12.6 Å². The number of aryl methyl sites for hydroxylation is 1. The Labute approximate surface area is 110 Å². The second-order valence-corrected chi connectivity index (χ2v) is 5.08. The molecule has 1 aromatic heterocycles. The van der Waals surface area contributed by atoms with Crippen molar-refractivity contribution in [1.82, 2.24) is 14.7 Å². The fraction of sp³-hybridized carbons (Fsp3) is 0.769. The average molecular weight is 254 g/mol. The molecule has 0 bridgehead atoms. The van der Waals surface area contributed by atoms with Crippen LogP contribution in [0.5, 0.6) is 0 Å². The molecule has 0 aliphatic rings. The molecule has 0 saturated heterocycles. The maximum absolute atomic E-state index is 6.17. The van der Waals surface area contributed by atoms with Crippen LogP contribution in [0.4, 0.5) is 0 Å². The monoisotopic (exact) mass is 254 g/mol. The Morgan fingerprint density at radius 2 is 2.11 bits per heavy atom. The zero-order valence-corrected chi connectivity index (χ0v) is 12.1. The number of hydrogen-bond acceptors (Lipinski definition) is 4. The van der Waals surface area contributed by atoms with Crippen molar-refractivity contribution in [3.05, 3.63) is 18.0 Å². The molecule has 0 saturated carbocycles. The van der Waals surface area contributed by atoms with Crippen molar-refractivity contribution in [2.24, 2.45) is 12.8 Å². The van der Waals surface area contributed by atoms with Crippen molar-refractivity contribution in [3.63, 3.8) is 0 Å². The summed E-state index contributed by atoms with van der Waals surface area (Å²) < 4.78 is 7.01. The molecule has 0 amide bonds. The van der Waals surface area contributed by atoms with E-state index in [9.17, 15) is 0 Å². The third kappa shape index (κ3) is 3.80. The highest BCUT2D eigenvalue weighted by atomic mass is 16.5. The maximum atomic E-state index is 6.17. The number of nitrogens with two attached hydrogens (primary N) is 1. The molecular formula is C13H26N4O. The van der Waals surface area contributed by atoms with Crippen LogP contribution < -0.4 is 5.73 Å². The van der Waals surface area contributed by atoms with Gasteiger partial charge in [0.25, 0.3) is 0 Å². The normalized spacial score (nSPS) is 15.3. The van der Waals surface area contributed by atoms with Gasteiger partial charge in [-0.25, -0.2) is 0 Å². The summed E-state index contributed by atoms with van der Waals surface area (Å²) >= 11 is 0. The first-order chi connectivity index (χ1) is 8.47. The molecular weight excluding hydrogens is 228 g/mol. The van der Waals surface area contributed by atoms with E-state index in [1.54, 1.807) is 7.11 Å². The van der Waals surface area contributed by atoms with Crippen molar-refractivity contribution in [1.29, 1.82) is 0 Å². The van der Waals surface area contributed by atoms with E-state index in [-0.39, 0.29) is 12.1 Å². The SMILES string of the molecule is COCCN(C(C)C)C(c1cnn(C)c1)C(C)N. The first-order valence-electron chi connectivity index (χ1n) is 6.46. The highest BCUT2D eigenvalue weighted by molar-refractivity contribution is 5.13. The minimum atomic E-state index is 0.0495. The Balaban J connectivity index is 2.93. The van der Waals surface area contributed by atoms with Crippen LogP contribution in [-0.2, 0) is 11.8 Å². The lowest BCUT2D eigenvalue weighted by Gasteiger charge is -2.36. The van der Waals surface area contributed by atoms with Crippen molar-refractivity contribution in [3.8, 4) is 0 Å². The third-order valence-corrected chi connectivity index (χ3v) is 3.14. The van der Waals surface area contributed by atoms with Crippen molar-refractivity contribution >= 4 is 0 Å². The van der Waals surface area contributed by atoms with Gasteiger partial charge in [-0.3, -0.25) is 9.58 Å². The highest BCUT2D eigenvalue weighted by Gasteiger charge is 2.26. The van der Waals surface area contributed by atoms with Gasteiger partial charge >= 0.3 is 0 Å². The third-order valence-electron chi connectivity index (χ3n) is 3.14. The van der Waals surface area contributed by atoms with Crippen LogP contribution in [0, 0.1) is 0 Å². The summed E-state index contributed by atoms with van der Waals surface area (Å²) in [6.07, 6.45) is 3.94. The van der Waals surface area contributed by atoms with Crippen LogP contribution in [0.15, 0.2) is 12.4 Å². The maximum Gasteiger partial charge on any atom is 0.0590 e. The molecule has 0 fully saturated rings. The van der Waals surface area contributed by atoms with Crippen LogP contribution in [0.3, 0.4) is 0 Å². The summed E-state index contributed by atoms with van der Waals surface area (Å²) in [6, 6.07) is 0.638. The molecule has 5 heteroatoms. The van der Waals surface area contributed by atoms with Gasteiger partial charge in [0.1, 0.15) is 0 Å². The van der Waals surface area contributed by atoms with Gasteiger partial charge in [-0.1, -0.05) is 0 Å². The number of nitrogens with zero attached hydrogens (tertiary/aromatic N) is 3. The molecule has 0 radical (unpaired) electrons. The van der Waals surface area contributed by atoms with Crippen molar-refractivity contribution in [2.75, 3.05) is 20.3 Å². The van der Waals surface area contributed by atoms with E-state index in [1.165, 1.54) is 0 Å². The predicted molar refractivity (Wildman–Crippen MR) is 73.3 cm³/mol. The Hall–Kier alpha value is -0.910. The second-order valence-electron chi connectivity index (χ2n) is 5.08. The highest BCUT2D eigenvalue weighted by Crippen LogP contribution is 2.24. The molecule has 0 aromatic carbocycles.